The van der Waals surface area contributed by atoms with E-state index in [-0.39, 0.29) is 5.43 Å². The molecule has 134 valence electrons. The van der Waals surface area contributed by atoms with Gasteiger partial charge in [0.2, 0.25) is 5.43 Å². The number of aromatic nitrogens is 1. The number of esters is 1. The smallest absolute Gasteiger partial charge is 0.330 e. The highest BCUT2D eigenvalue weighted by Gasteiger charge is 2.19. The standard InChI is InChI=1S/C20H19NO5/c1-21-14-8-6-5-7-12(14)20(23)18-16(25-3)11-15(24-2)13(19(18)21)9-10-17(22)26-4/h5-11H,1-4H3/b10-9+. The third-order valence-corrected chi connectivity index (χ3v) is 4.37. The van der Waals surface area contributed by atoms with Gasteiger partial charge in [-0.1, -0.05) is 12.1 Å². The van der Waals surface area contributed by atoms with Crippen LogP contribution in [0.15, 0.2) is 41.2 Å². The number of hydrogen-bond acceptors (Lipinski definition) is 5. The molecule has 0 unspecified atom stereocenters. The highest BCUT2D eigenvalue weighted by Crippen LogP contribution is 2.36. The number of nitrogens with zero attached hydrogens (tertiary/aromatic N) is 1. The van der Waals surface area contributed by atoms with Gasteiger partial charge in [-0.3, -0.25) is 4.79 Å². The maximum atomic E-state index is 13.1. The van der Waals surface area contributed by atoms with Crippen molar-refractivity contribution in [2.45, 2.75) is 0 Å². The number of ether oxygens (including phenoxy) is 3. The molecule has 0 atom stereocenters. The lowest BCUT2D eigenvalue weighted by molar-refractivity contribution is -0.134. The van der Waals surface area contributed by atoms with E-state index in [0.717, 1.165) is 5.52 Å². The van der Waals surface area contributed by atoms with Crippen molar-refractivity contribution >= 4 is 33.9 Å². The molecule has 0 amide bonds. The van der Waals surface area contributed by atoms with Crippen molar-refractivity contribution in [3.63, 3.8) is 0 Å². The molecule has 0 saturated heterocycles. The molecule has 6 nitrogen and oxygen atoms in total. The van der Waals surface area contributed by atoms with Crippen molar-refractivity contribution in [2.24, 2.45) is 7.05 Å². The Bertz CT molecular complexity index is 1090. The summed E-state index contributed by atoms with van der Waals surface area (Å²) in [5.41, 5.74) is 1.85. The number of carbonyl (C=O) groups excluding carboxylic acids is 1. The molecule has 2 aromatic carbocycles. The number of pyridine rings is 1. The molecule has 0 spiro atoms. The summed E-state index contributed by atoms with van der Waals surface area (Å²) in [6.07, 6.45) is 2.88. The first-order chi connectivity index (χ1) is 12.5. The minimum absolute atomic E-state index is 0.138. The molecule has 1 heterocycles. The molecule has 3 aromatic rings. The van der Waals surface area contributed by atoms with E-state index in [0.29, 0.717) is 33.4 Å². The van der Waals surface area contributed by atoms with Gasteiger partial charge in [0, 0.05) is 30.1 Å². The molecule has 0 bridgehead atoms. The lowest BCUT2D eigenvalue weighted by Crippen LogP contribution is -2.12. The first-order valence-electron chi connectivity index (χ1n) is 7.96. The van der Waals surface area contributed by atoms with Crippen molar-refractivity contribution in [1.29, 1.82) is 0 Å². The minimum Gasteiger partial charge on any atom is -0.496 e. The quantitative estimate of drug-likeness (QED) is 0.410. The average molecular weight is 353 g/mol. The van der Waals surface area contributed by atoms with E-state index in [1.807, 2.05) is 29.8 Å². The van der Waals surface area contributed by atoms with Crippen molar-refractivity contribution in [3.05, 3.63) is 52.2 Å². The van der Waals surface area contributed by atoms with Gasteiger partial charge < -0.3 is 18.8 Å². The highest BCUT2D eigenvalue weighted by atomic mass is 16.5. The second-order valence-electron chi connectivity index (χ2n) is 5.68. The largest absolute Gasteiger partial charge is 0.496 e. The highest BCUT2D eigenvalue weighted by molar-refractivity contribution is 6.03. The van der Waals surface area contributed by atoms with Crippen LogP contribution in [0.5, 0.6) is 11.5 Å². The summed E-state index contributed by atoms with van der Waals surface area (Å²) >= 11 is 0. The third-order valence-electron chi connectivity index (χ3n) is 4.37. The summed E-state index contributed by atoms with van der Waals surface area (Å²) in [4.78, 5) is 24.7. The zero-order valence-corrected chi connectivity index (χ0v) is 15.0. The predicted molar refractivity (Wildman–Crippen MR) is 101 cm³/mol. The minimum atomic E-state index is -0.498. The number of aryl methyl sites for hydroxylation is 1. The van der Waals surface area contributed by atoms with Crippen molar-refractivity contribution in [1.82, 2.24) is 4.57 Å². The fourth-order valence-electron chi connectivity index (χ4n) is 3.13. The van der Waals surface area contributed by atoms with Gasteiger partial charge >= 0.3 is 5.97 Å². The van der Waals surface area contributed by atoms with Crippen LogP contribution in [0.2, 0.25) is 0 Å². The number of fused-ring (bicyclic) bond motifs is 2. The summed E-state index contributed by atoms with van der Waals surface area (Å²) in [6, 6.07) is 8.99. The van der Waals surface area contributed by atoms with Crippen LogP contribution in [-0.2, 0) is 16.6 Å². The molecule has 0 fully saturated rings. The molecule has 0 aliphatic carbocycles. The molecule has 0 aliphatic rings. The second-order valence-corrected chi connectivity index (χ2v) is 5.68. The van der Waals surface area contributed by atoms with Crippen molar-refractivity contribution < 1.29 is 19.0 Å². The fourth-order valence-corrected chi connectivity index (χ4v) is 3.13. The normalized spacial score (nSPS) is 11.2. The molecular formula is C20H19NO5. The van der Waals surface area contributed by atoms with Crippen LogP contribution in [0.4, 0.5) is 0 Å². The predicted octanol–water partition coefficient (Wildman–Crippen LogP) is 2.90. The second kappa shape index (κ2) is 6.92. The van der Waals surface area contributed by atoms with Crippen LogP contribution in [0, 0.1) is 0 Å². The van der Waals surface area contributed by atoms with Crippen LogP contribution >= 0.6 is 0 Å². The van der Waals surface area contributed by atoms with E-state index in [2.05, 4.69) is 4.74 Å². The Hall–Kier alpha value is -3.28. The summed E-state index contributed by atoms with van der Waals surface area (Å²) in [5, 5.41) is 1.02. The number of para-hydroxylation sites is 1. The zero-order valence-electron chi connectivity index (χ0n) is 15.0. The number of hydrogen-bond donors (Lipinski definition) is 0. The Kier molecular flexibility index (Phi) is 4.67. The van der Waals surface area contributed by atoms with Crippen LogP contribution in [-0.4, -0.2) is 31.9 Å². The summed E-state index contributed by atoms with van der Waals surface area (Å²) in [6.45, 7) is 0. The maximum Gasteiger partial charge on any atom is 0.330 e. The summed E-state index contributed by atoms with van der Waals surface area (Å²) in [7, 11) is 6.19. The monoisotopic (exact) mass is 353 g/mol. The van der Waals surface area contributed by atoms with Gasteiger partial charge in [-0.05, 0) is 18.2 Å². The Morgan fingerprint density at radius 3 is 2.42 bits per heavy atom. The van der Waals surface area contributed by atoms with E-state index in [9.17, 15) is 9.59 Å². The lowest BCUT2D eigenvalue weighted by Gasteiger charge is -2.17. The van der Waals surface area contributed by atoms with Crippen LogP contribution in [0.1, 0.15) is 5.56 Å². The van der Waals surface area contributed by atoms with E-state index in [1.165, 1.54) is 27.4 Å². The van der Waals surface area contributed by atoms with Gasteiger partial charge in [0.15, 0.2) is 0 Å². The van der Waals surface area contributed by atoms with E-state index < -0.39 is 5.97 Å². The van der Waals surface area contributed by atoms with E-state index in [1.54, 1.807) is 18.2 Å². The molecule has 26 heavy (non-hydrogen) atoms. The van der Waals surface area contributed by atoms with Gasteiger partial charge in [0.05, 0.1) is 37.7 Å². The Morgan fingerprint density at radius 2 is 1.77 bits per heavy atom. The van der Waals surface area contributed by atoms with Crippen LogP contribution in [0.3, 0.4) is 0 Å². The Balaban J connectivity index is 2.55. The maximum absolute atomic E-state index is 13.1. The molecule has 3 rings (SSSR count). The van der Waals surface area contributed by atoms with Gasteiger partial charge in [-0.15, -0.1) is 0 Å². The van der Waals surface area contributed by atoms with E-state index >= 15 is 0 Å². The molecule has 0 N–H and O–H groups in total. The third kappa shape index (κ3) is 2.69. The molecule has 0 saturated carbocycles. The van der Waals surface area contributed by atoms with Crippen LogP contribution in [0.25, 0.3) is 27.9 Å². The average Bonchev–Trinajstić information content (AvgIpc) is 2.68. The van der Waals surface area contributed by atoms with Gasteiger partial charge in [0.1, 0.15) is 11.5 Å². The molecule has 0 radical (unpaired) electrons. The van der Waals surface area contributed by atoms with Crippen LogP contribution < -0.4 is 14.9 Å². The fraction of sp³-hybridized carbons (Fsp3) is 0.200. The van der Waals surface area contributed by atoms with Crippen molar-refractivity contribution in [2.75, 3.05) is 21.3 Å². The number of carbonyl (C=O) groups is 1. The SMILES string of the molecule is COC(=O)/C=C/c1c(OC)cc(OC)c2c(=O)c3ccccc3n(C)c12. The number of rotatable bonds is 4. The first-order valence-corrected chi connectivity index (χ1v) is 7.96. The summed E-state index contributed by atoms with van der Waals surface area (Å²) in [5.74, 6) is 0.403. The van der Waals surface area contributed by atoms with Gasteiger partial charge in [-0.25, -0.2) is 4.79 Å². The summed E-state index contributed by atoms with van der Waals surface area (Å²) < 4.78 is 17.5. The molecule has 0 aliphatic heterocycles. The molecule has 1 aromatic heterocycles. The number of benzene rings is 2. The van der Waals surface area contributed by atoms with Crippen molar-refractivity contribution in [3.8, 4) is 11.5 Å². The van der Waals surface area contributed by atoms with Gasteiger partial charge in [-0.2, -0.15) is 0 Å². The Labute approximate surface area is 150 Å². The topological polar surface area (TPSA) is 66.8 Å². The first kappa shape index (κ1) is 17.5. The van der Waals surface area contributed by atoms with Gasteiger partial charge in [0.25, 0.3) is 0 Å². The zero-order chi connectivity index (χ0) is 18.8. The molecular weight excluding hydrogens is 334 g/mol. The lowest BCUT2D eigenvalue weighted by atomic mass is 10.0. The molecule has 6 heteroatoms. The number of methoxy groups -OCH3 is 3. The van der Waals surface area contributed by atoms with E-state index in [4.69, 9.17) is 9.47 Å². The Morgan fingerprint density at radius 1 is 1.08 bits per heavy atom.